The Morgan fingerprint density at radius 3 is 2.00 bits per heavy atom. The van der Waals surface area contributed by atoms with E-state index in [2.05, 4.69) is 26.8 Å². The van der Waals surface area contributed by atoms with E-state index in [9.17, 15) is 0 Å². The molecule has 64 valence electrons. The lowest BCUT2D eigenvalue weighted by atomic mass is 10.3. The molecule has 1 rings (SSSR count). The summed E-state index contributed by atoms with van der Waals surface area (Å²) in [5.41, 5.74) is 1.21. The van der Waals surface area contributed by atoms with Crippen LogP contribution in [-0.4, -0.2) is 0 Å². The standard InChI is InChI=1S/C7H10O.C3H8/c1-3-7-4-6(2)5-8-7;1-3-2/h4-5H,3H2,1-2H3;3H2,1-2H3. The molecular weight excluding hydrogens is 136 g/mol. The van der Waals surface area contributed by atoms with Crippen molar-refractivity contribution in [3.05, 3.63) is 23.7 Å². The second-order valence-electron chi connectivity index (χ2n) is 2.65. The van der Waals surface area contributed by atoms with Crippen LogP contribution in [0, 0.1) is 6.92 Å². The van der Waals surface area contributed by atoms with Crippen molar-refractivity contribution in [1.29, 1.82) is 0 Å². The van der Waals surface area contributed by atoms with Crippen molar-refractivity contribution in [2.24, 2.45) is 0 Å². The van der Waals surface area contributed by atoms with E-state index in [1.165, 1.54) is 12.0 Å². The van der Waals surface area contributed by atoms with Crippen LogP contribution in [0.4, 0.5) is 0 Å². The quantitative estimate of drug-likeness (QED) is 0.602. The molecule has 0 aromatic carbocycles. The van der Waals surface area contributed by atoms with Gasteiger partial charge in [-0.05, 0) is 18.6 Å². The molecule has 0 unspecified atom stereocenters. The first kappa shape index (κ1) is 10.3. The second kappa shape index (κ2) is 6.02. The SMILES string of the molecule is CCC.CCc1cc(C)co1. The third-order valence-corrected chi connectivity index (χ3v) is 1.13. The van der Waals surface area contributed by atoms with Gasteiger partial charge in [0.1, 0.15) is 5.76 Å². The topological polar surface area (TPSA) is 13.1 Å². The molecule has 0 aliphatic heterocycles. The third-order valence-electron chi connectivity index (χ3n) is 1.13. The maximum Gasteiger partial charge on any atom is 0.103 e. The van der Waals surface area contributed by atoms with E-state index in [0.717, 1.165) is 12.2 Å². The molecule has 11 heavy (non-hydrogen) atoms. The van der Waals surface area contributed by atoms with Crippen molar-refractivity contribution < 1.29 is 4.42 Å². The van der Waals surface area contributed by atoms with Crippen LogP contribution in [0.3, 0.4) is 0 Å². The number of aryl methyl sites for hydroxylation is 2. The lowest BCUT2D eigenvalue weighted by Gasteiger charge is -1.79. The molecule has 1 aromatic rings. The van der Waals surface area contributed by atoms with Crippen LogP contribution < -0.4 is 0 Å². The Balaban J connectivity index is 0.000000292. The Labute approximate surface area is 69.4 Å². The van der Waals surface area contributed by atoms with Crippen LogP contribution >= 0.6 is 0 Å². The summed E-state index contributed by atoms with van der Waals surface area (Å²) in [7, 11) is 0. The monoisotopic (exact) mass is 154 g/mol. The molecule has 1 nitrogen and oxygen atoms in total. The van der Waals surface area contributed by atoms with Crippen molar-refractivity contribution in [2.75, 3.05) is 0 Å². The van der Waals surface area contributed by atoms with E-state index >= 15 is 0 Å². The van der Waals surface area contributed by atoms with Crippen LogP contribution in [0.15, 0.2) is 16.7 Å². The minimum atomic E-state index is 0.994. The van der Waals surface area contributed by atoms with E-state index in [1.54, 1.807) is 6.26 Å². The highest BCUT2D eigenvalue weighted by Gasteiger charge is 1.91. The minimum Gasteiger partial charge on any atom is -0.469 e. The average molecular weight is 154 g/mol. The molecule has 0 saturated heterocycles. The summed E-state index contributed by atoms with van der Waals surface area (Å²) in [5, 5.41) is 0. The number of furan rings is 1. The fraction of sp³-hybridized carbons (Fsp3) is 0.600. The van der Waals surface area contributed by atoms with Gasteiger partial charge in [-0.2, -0.15) is 0 Å². The highest BCUT2D eigenvalue weighted by atomic mass is 16.3. The summed E-state index contributed by atoms with van der Waals surface area (Å²) in [4.78, 5) is 0. The van der Waals surface area contributed by atoms with Gasteiger partial charge >= 0.3 is 0 Å². The highest BCUT2D eigenvalue weighted by molar-refractivity contribution is 5.09. The average Bonchev–Trinajstić information content (AvgIpc) is 2.37. The largest absolute Gasteiger partial charge is 0.469 e. The van der Waals surface area contributed by atoms with Gasteiger partial charge in [0.05, 0.1) is 6.26 Å². The lowest BCUT2D eigenvalue weighted by Crippen LogP contribution is -1.67. The zero-order valence-electron chi connectivity index (χ0n) is 7.98. The van der Waals surface area contributed by atoms with Gasteiger partial charge in [-0.15, -0.1) is 0 Å². The van der Waals surface area contributed by atoms with Gasteiger partial charge in [-0.25, -0.2) is 0 Å². The van der Waals surface area contributed by atoms with E-state index in [0.29, 0.717) is 0 Å². The summed E-state index contributed by atoms with van der Waals surface area (Å²) in [5.74, 6) is 1.07. The van der Waals surface area contributed by atoms with Crippen molar-refractivity contribution in [2.45, 2.75) is 40.5 Å². The zero-order valence-corrected chi connectivity index (χ0v) is 7.98. The van der Waals surface area contributed by atoms with E-state index in [4.69, 9.17) is 4.42 Å². The Kier molecular flexibility index (Phi) is 5.63. The van der Waals surface area contributed by atoms with E-state index in [1.807, 2.05) is 6.92 Å². The molecule has 0 aliphatic rings. The summed E-state index contributed by atoms with van der Waals surface area (Å²) in [6, 6.07) is 2.06. The first-order chi connectivity index (χ1) is 5.24. The molecule has 0 fully saturated rings. The normalized spacial score (nSPS) is 8.73. The van der Waals surface area contributed by atoms with Gasteiger partial charge in [0.2, 0.25) is 0 Å². The Morgan fingerprint density at radius 2 is 1.82 bits per heavy atom. The summed E-state index contributed by atoms with van der Waals surface area (Å²) in [6.07, 6.45) is 4.02. The van der Waals surface area contributed by atoms with Crippen molar-refractivity contribution >= 4 is 0 Å². The highest BCUT2D eigenvalue weighted by Crippen LogP contribution is 2.05. The van der Waals surface area contributed by atoms with Gasteiger partial charge in [-0.3, -0.25) is 0 Å². The fourth-order valence-electron chi connectivity index (χ4n) is 0.676. The summed E-state index contributed by atoms with van der Waals surface area (Å²) >= 11 is 0. The molecule has 0 spiro atoms. The molecule has 0 N–H and O–H groups in total. The van der Waals surface area contributed by atoms with Crippen molar-refractivity contribution in [3.8, 4) is 0 Å². The van der Waals surface area contributed by atoms with Gasteiger partial charge in [0.25, 0.3) is 0 Å². The predicted octanol–water partition coefficient (Wildman–Crippen LogP) is 3.57. The summed E-state index contributed by atoms with van der Waals surface area (Å²) in [6.45, 7) is 8.36. The van der Waals surface area contributed by atoms with Crippen molar-refractivity contribution in [1.82, 2.24) is 0 Å². The van der Waals surface area contributed by atoms with Crippen LogP contribution in [0.5, 0.6) is 0 Å². The van der Waals surface area contributed by atoms with Gasteiger partial charge in [0, 0.05) is 6.42 Å². The molecule has 0 atom stereocenters. The van der Waals surface area contributed by atoms with Gasteiger partial charge in [-0.1, -0.05) is 27.2 Å². The molecule has 0 amide bonds. The van der Waals surface area contributed by atoms with Crippen molar-refractivity contribution in [3.63, 3.8) is 0 Å². The molecular formula is C10H18O. The second-order valence-corrected chi connectivity index (χ2v) is 2.65. The first-order valence-electron chi connectivity index (χ1n) is 4.28. The Bertz CT molecular complexity index is 177. The fourth-order valence-corrected chi connectivity index (χ4v) is 0.676. The van der Waals surface area contributed by atoms with Crippen LogP contribution in [0.25, 0.3) is 0 Å². The molecule has 0 aliphatic carbocycles. The molecule has 0 saturated carbocycles. The molecule has 1 heteroatoms. The van der Waals surface area contributed by atoms with E-state index in [-0.39, 0.29) is 0 Å². The van der Waals surface area contributed by atoms with Gasteiger partial charge in [0.15, 0.2) is 0 Å². The number of rotatable bonds is 1. The maximum absolute atomic E-state index is 5.11. The molecule has 1 aromatic heterocycles. The maximum atomic E-state index is 5.11. The predicted molar refractivity (Wildman–Crippen MR) is 48.8 cm³/mol. The molecule has 0 radical (unpaired) electrons. The first-order valence-corrected chi connectivity index (χ1v) is 4.28. The third kappa shape index (κ3) is 4.65. The lowest BCUT2D eigenvalue weighted by molar-refractivity contribution is 0.515. The van der Waals surface area contributed by atoms with Crippen LogP contribution in [-0.2, 0) is 6.42 Å². The van der Waals surface area contributed by atoms with Crippen LogP contribution in [0.2, 0.25) is 0 Å². The zero-order chi connectivity index (χ0) is 8.69. The Hall–Kier alpha value is -0.720. The number of hydrogen-bond donors (Lipinski definition) is 0. The molecule has 1 heterocycles. The Morgan fingerprint density at radius 1 is 1.27 bits per heavy atom. The van der Waals surface area contributed by atoms with Crippen LogP contribution in [0.1, 0.15) is 38.5 Å². The van der Waals surface area contributed by atoms with E-state index < -0.39 is 0 Å². The number of hydrogen-bond acceptors (Lipinski definition) is 1. The smallest absolute Gasteiger partial charge is 0.103 e. The summed E-state index contributed by atoms with van der Waals surface area (Å²) < 4.78 is 5.11. The minimum absolute atomic E-state index is 0.994. The van der Waals surface area contributed by atoms with Gasteiger partial charge < -0.3 is 4.42 Å². The molecule has 0 bridgehead atoms.